The first-order valence-corrected chi connectivity index (χ1v) is 8.66. The van der Waals surface area contributed by atoms with E-state index < -0.39 is 5.91 Å². The molecule has 3 rings (SSSR count). The maximum atomic E-state index is 12.0. The van der Waals surface area contributed by atoms with Crippen molar-refractivity contribution in [3.63, 3.8) is 0 Å². The molecule has 138 valence electrons. The number of carbonyl (C=O) groups excluding carboxylic acids is 2. The van der Waals surface area contributed by atoms with Gasteiger partial charge >= 0.3 is 0 Å². The van der Waals surface area contributed by atoms with E-state index in [-0.39, 0.29) is 23.8 Å². The molecule has 1 fully saturated rings. The number of nitrogens with two attached hydrogens (primary N) is 1. The molecule has 1 aromatic carbocycles. The van der Waals surface area contributed by atoms with Gasteiger partial charge in [-0.05, 0) is 35.9 Å². The molecule has 1 aromatic heterocycles. The van der Waals surface area contributed by atoms with Crippen molar-refractivity contribution in [2.45, 2.75) is 26.3 Å². The summed E-state index contributed by atoms with van der Waals surface area (Å²) in [6, 6.07) is 5.08. The summed E-state index contributed by atoms with van der Waals surface area (Å²) in [6.45, 7) is 4.40. The number of benzene rings is 1. The van der Waals surface area contributed by atoms with Gasteiger partial charge in [-0.15, -0.1) is 0 Å². The molecule has 0 unspecified atom stereocenters. The van der Waals surface area contributed by atoms with Crippen molar-refractivity contribution in [1.82, 2.24) is 10.3 Å². The second kappa shape index (κ2) is 7.19. The average Bonchev–Trinajstić information content (AvgIpc) is 2.91. The van der Waals surface area contributed by atoms with Gasteiger partial charge in [-0.1, -0.05) is 13.8 Å². The third-order valence-corrected chi connectivity index (χ3v) is 5.09. The number of hydrogen-bond donors (Lipinski definition) is 2. The smallest absolute Gasteiger partial charge is 0.252 e. The second-order valence-electron chi connectivity index (χ2n) is 6.55. The molecule has 0 spiro atoms. The Morgan fingerprint density at radius 2 is 2.15 bits per heavy atom. The van der Waals surface area contributed by atoms with Crippen LogP contribution in [0.1, 0.15) is 30.6 Å². The van der Waals surface area contributed by atoms with Crippen molar-refractivity contribution in [3.05, 3.63) is 30.0 Å². The number of amides is 2. The van der Waals surface area contributed by atoms with Gasteiger partial charge in [-0.3, -0.25) is 9.59 Å². The Balaban J connectivity index is 1.87. The molecule has 0 aliphatic carbocycles. The van der Waals surface area contributed by atoms with Gasteiger partial charge in [0.25, 0.3) is 5.91 Å². The number of primary amides is 1. The fourth-order valence-corrected chi connectivity index (χ4v) is 3.51. The van der Waals surface area contributed by atoms with Gasteiger partial charge in [0.1, 0.15) is 12.4 Å². The number of aromatic nitrogens is 1. The fourth-order valence-electron chi connectivity index (χ4n) is 3.51. The zero-order chi connectivity index (χ0) is 18.8. The zero-order valence-electron chi connectivity index (χ0n) is 15.1. The molecule has 2 amide bonds. The molecular weight excluding hydrogens is 334 g/mol. The highest BCUT2D eigenvalue weighted by atomic mass is 16.5. The summed E-state index contributed by atoms with van der Waals surface area (Å²) >= 11 is 0. The van der Waals surface area contributed by atoms with Crippen LogP contribution >= 0.6 is 0 Å². The van der Waals surface area contributed by atoms with Crippen molar-refractivity contribution in [1.29, 1.82) is 0 Å². The molecule has 1 saturated heterocycles. The predicted molar refractivity (Wildman–Crippen MR) is 97.2 cm³/mol. The van der Waals surface area contributed by atoms with E-state index in [9.17, 15) is 9.59 Å². The molecule has 3 N–H and O–H groups in total. The van der Waals surface area contributed by atoms with Crippen LogP contribution in [0.3, 0.4) is 0 Å². The summed E-state index contributed by atoms with van der Waals surface area (Å²) in [5, 5.41) is 4.49. The molecule has 3 atom stereocenters. The molecule has 0 bridgehead atoms. The number of methoxy groups -OCH3 is 1. The van der Waals surface area contributed by atoms with Crippen LogP contribution in [0.5, 0.6) is 11.6 Å². The van der Waals surface area contributed by atoms with E-state index in [4.69, 9.17) is 15.2 Å². The maximum Gasteiger partial charge on any atom is 0.252 e. The van der Waals surface area contributed by atoms with Crippen LogP contribution in [-0.4, -0.2) is 36.6 Å². The summed E-state index contributed by atoms with van der Waals surface area (Å²) in [5.74, 6) is 0.527. The Kier molecular flexibility index (Phi) is 4.97. The van der Waals surface area contributed by atoms with Crippen LogP contribution in [0.2, 0.25) is 0 Å². The molecule has 0 radical (unpaired) electrons. The van der Waals surface area contributed by atoms with Gasteiger partial charge in [0.2, 0.25) is 11.8 Å². The Hall–Kier alpha value is -2.83. The lowest BCUT2D eigenvalue weighted by Gasteiger charge is -2.18. The monoisotopic (exact) mass is 357 g/mol. The first kappa shape index (κ1) is 18.0. The highest BCUT2D eigenvalue weighted by molar-refractivity contribution is 6.01. The number of fused-ring (bicyclic) bond motifs is 1. The van der Waals surface area contributed by atoms with Gasteiger partial charge in [0, 0.05) is 17.5 Å². The molecular formula is C19H23N3O4. The maximum absolute atomic E-state index is 12.0. The van der Waals surface area contributed by atoms with Crippen molar-refractivity contribution in [2.24, 2.45) is 17.6 Å². The minimum absolute atomic E-state index is 0.0160. The van der Waals surface area contributed by atoms with E-state index in [1.807, 2.05) is 6.92 Å². The van der Waals surface area contributed by atoms with Crippen molar-refractivity contribution < 1.29 is 19.1 Å². The first-order valence-electron chi connectivity index (χ1n) is 8.66. The SMILES string of the molecule is CC[C@H]1C(=O)N[C@H](COc2nccc3cc(C(N)=O)c(OC)cc23)[C@@H]1C. The van der Waals surface area contributed by atoms with Gasteiger partial charge in [0.05, 0.1) is 18.7 Å². The van der Waals surface area contributed by atoms with Crippen LogP contribution in [0.25, 0.3) is 10.8 Å². The summed E-state index contributed by atoms with van der Waals surface area (Å²) in [5.41, 5.74) is 5.71. The van der Waals surface area contributed by atoms with E-state index in [0.29, 0.717) is 23.8 Å². The number of rotatable bonds is 6. The minimum Gasteiger partial charge on any atom is -0.496 e. The lowest BCUT2D eigenvalue weighted by atomic mass is 9.90. The number of nitrogens with one attached hydrogen (secondary N) is 1. The molecule has 2 aromatic rings. The van der Waals surface area contributed by atoms with Crippen LogP contribution < -0.4 is 20.5 Å². The summed E-state index contributed by atoms with van der Waals surface area (Å²) in [6.07, 6.45) is 2.42. The van der Waals surface area contributed by atoms with Gasteiger partial charge in [-0.25, -0.2) is 4.98 Å². The largest absolute Gasteiger partial charge is 0.496 e. The number of nitrogens with zero attached hydrogens (tertiary/aromatic N) is 1. The molecule has 1 aliphatic rings. The van der Waals surface area contributed by atoms with Gasteiger partial charge in [-0.2, -0.15) is 0 Å². The normalized spacial score (nSPS) is 22.3. The number of pyridine rings is 1. The van der Waals surface area contributed by atoms with E-state index in [2.05, 4.69) is 17.2 Å². The summed E-state index contributed by atoms with van der Waals surface area (Å²) in [4.78, 5) is 27.9. The quantitative estimate of drug-likeness (QED) is 0.821. The zero-order valence-corrected chi connectivity index (χ0v) is 15.1. The number of carbonyl (C=O) groups is 2. The van der Waals surface area contributed by atoms with Crippen LogP contribution in [0, 0.1) is 11.8 Å². The number of hydrogen-bond acceptors (Lipinski definition) is 5. The fraction of sp³-hybridized carbons (Fsp3) is 0.421. The lowest BCUT2D eigenvalue weighted by Crippen LogP contribution is -2.34. The molecule has 7 heteroatoms. The average molecular weight is 357 g/mol. The van der Waals surface area contributed by atoms with Crippen LogP contribution in [-0.2, 0) is 4.79 Å². The molecule has 7 nitrogen and oxygen atoms in total. The topological polar surface area (TPSA) is 104 Å². The van der Waals surface area contributed by atoms with E-state index in [1.165, 1.54) is 7.11 Å². The Morgan fingerprint density at radius 3 is 2.77 bits per heavy atom. The minimum atomic E-state index is -0.559. The van der Waals surface area contributed by atoms with Gasteiger partial charge in [0.15, 0.2) is 0 Å². The highest BCUT2D eigenvalue weighted by Crippen LogP contribution is 2.31. The Labute approximate surface area is 151 Å². The van der Waals surface area contributed by atoms with E-state index in [0.717, 1.165) is 17.2 Å². The molecule has 0 saturated carbocycles. The van der Waals surface area contributed by atoms with Crippen molar-refractivity contribution in [3.8, 4) is 11.6 Å². The van der Waals surface area contributed by atoms with E-state index in [1.54, 1.807) is 24.4 Å². The highest BCUT2D eigenvalue weighted by Gasteiger charge is 2.38. The van der Waals surface area contributed by atoms with Crippen molar-refractivity contribution in [2.75, 3.05) is 13.7 Å². The third kappa shape index (κ3) is 3.16. The molecule has 1 aliphatic heterocycles. The lowest BCUT2D eigenvalue weighted by molar-refractivity contribution is -0.123. The summed E-state index contributed by atoms with van der Waals surface area (Å²) in [7, 11) is 1.48. The summed E-state index contributed by atoms with van der Waals surface area (Å²) < 4.78 is 11.2. The predicted octanol–water partition coefficient (Wildman–Crippen LogP) is 1.88. The number of ether oxygens (including phenoxy) is 2. The van der Waals surface area contributed by atoms with Crippen LogP contribution in [0.15, 0.2) is 24.4 Å². The van der Waals surface area contributed by atoms with Gasteiger partial charge < -0.3 is 20.5 Å². The molecule has 26 heavy (non-hydrogen) atoms. The van der Waals surface area contributed by atoms with Crippen molar-refractivity contribution >= 4 is 22.6 Å². The standard InChI is InChI=1S/C19H23N3O4/c1-4-12-10(2)15(22-18(12)24)9-26-19-13-8-16(25-3)14(17(20)23)7-11(13)5-6-21-19/h5-8,10,12,15H,4,9H2,1-3H3,(H2,20,23)(H,22,24)/t10-,12-,15-/m1/s1. The second-order valence-corrected chi connectivity index (χ2v) is 6.55. The van der Waals surface area contributed by atoms with E-state index >= 15 is 0 Å². The molecule has 2 heterocycles. The van der Waals surface area contributed by atoms with Crippen LogP contribution in [0.4, 0.5) is 0 Å². The Bertz CT molecular complexity index is 852. The third-order valence-electron chi connectivity index (χ3n) is 5.09. The first-order chi connectivity index (χ1) is 12.5. The Morgan fingerprint density at radius 1 is 1.38 bits per heavy atom.